The van der Waals surface area contributed by atoms with E-state index >= 15 is 0 Å². The van der Waals surface area contributed by atoms with Crippen LogP contribution < -0.4 is 9.47 Å². The maximum absolute atomic E-state index is 12.2. The maximum Gasteiger partial charge on any atom is 0.340 e. The number of aromatic hydroxyl groups is 1. The molecule has 1 fully saturated rings. The predicted molar refractivity (Wildman–Crippen MR) is 80.4 cm³/mol. The van der Waals surface area contributed by atoms with E-state index in [1.165, 1.54) is 20.3 Å². The van der Waals surface area contributed by atoms with E-state index in [2.05, 4.69) is 0 Å². The Balaban J connectivity index is 2.20. The molecule has 5 atom stereocenters. The van der Waals surface area contributed by atoms with E-state index in [1.807, 2.05) is 0 Å². The van der Waals surface area contributed by atoms with E-state index < -0.39 is 43.3 Å². The molecule has 0 aliphatic carbocycles. The minimum absolute atomic E-state index is 0.0203. The van der Waals surface area contributed by atoms with Crippen LogP contribution in [0.25, 0.3) is 0 Å². The van der Waals surface area contributed by atoms with Gasteiger partial charge < -0.3 is 44.5 Å². The summed E-state index contributed by atoms with van der Waals surface area (Å²) in [5.74, 6) is -1.28. The highest BCUT2D eigenvalue weighted by Gasteiger charge is 2.45. The molecule has 1 saturated heterocycles. The van der Waals surface area contributed by atoms with E-state index in [9.17, 15) is 25.2 Å². The van der Waals surface area contributed by atoms with E-state index in [0.717, 1.165) is 6.07 Å². The molecule has 1 heterocycles. The summed E-state index contributed by atoms with van der Waals surface area (Å²) in [7, 11) is 2.62. The van der Waals surface area contributed by atoms with Crippen molar-refractivity contribution in [3.05, 3.63) is 17.7 Å². The van der Waals surface area contributed by atoms with Gasteiger partial charge in [-0.2, -0.15) is 0 Å². The van der Waals surface area contributed by atoms with Gasteiger partial charge in [-0.3, -0.25) is 0 Å². The van der Waals surface area contributed by atoms with Crippen molar-refractivity contribution in [3.63, 3.8) is 0 Å². The molecular weight excluding hydrogens is 340 g/mol. The number of aliphatic hydroxyl groups excluding tert-OH is 4. The van der Waals surface area contributed by atoms with Crippen molar-refractivity contribution in [3.8, 4) is 17.2 Å². The normalized spacial score (nSPS) is 29.1. The number of rotatable bonds is 5. The summed E-state index contributed by atoms with van der Waals surface area (Å²) in [5.41, 5.74) is -0.132. The molecule has 0 amide bonds. The number of hydrogen-bond donors (Lipinski definition) is 5. The van der Waals surface area contributed by atoms with E-state index in [-0.39, 0.29) is 22.8 Å². The van der Waals surface area contributed by atoms with Gasteiger partial charge >= 0.3 is 5.97 Å². The second kappa shape index (κ2) is 7.85. The van der Waals surface area contributed by atoms with Crippen molar-refractivity contribution >= 4 is 5.97 Å². The second-order valence-corrected chi connectivity index (χ2v) is 5.33. The minimum atomic E-state index is -1.73. The molecule has 0 unspecified atom stereocenters. The largest absolute Gasteiger partial charge is 0.504 e. The summed E-state index contributed by atoms with van der Waals surface area (Å²) in [5, 5.41) is 48.2. The standard InChI is InChI=1S/C15H20O10/c1-22-8-4-6(3-7(17)13(8)23-2)14(21)25-15-12(20)11(19)10(18)9(5-16)24-15/h3-4,9-12,15-20H,5H2,1-2H3/t9-,10+,11+,12-,15+/m0/s1. The number of methoxy groups -OCH3 is 2. The van der Waals surface area contributed by atoms with Gasteiger partial charge in [0.15, 0.2) is 11.5 Å². The van der Waals surface area contributed by atoms with Gasteiger partial charge in [-0.15, -0.1) is 0 Å². The topological polar surface area (TPSA) is 155 Å². The quantitative estimate of drug-likeness (QED) is 0.386. The molecule has 25 heavy (non-hydrogen) atoms. The Bertz CT molecular complexity index is 617. The predicted octanol–water partition coefficient (Wildman–Crippen LogP) is -1.63. The van der Waals surface area contributed by atoms with Crippen LogP contribution in [-0.2, 0) is 9.47 Å². The molecule has 0 radical (unpaired) electrons. The van der Waals surface area contributed by atoms with Crippen molar-refractivity contribution < 1.29 is 49.3 Å². The molecule has 0 bridgehead atoms. The maximum atomic E-state index is 12.2. The fourth-order valence-electron chi connectivity index (χ4n) is 2.40. The first kappa shape index (κ1) is 19.2. The van der Waals surface area contributed by atoms with Crippen molar-refractivity contribution in [2.45, 2.75) is 30.7 Å². The number of phenols is 1. The van der Waals surface area contributed by atoms with Gasteiger partial charge in [0, 0.05) is 0 Å². The first-order valence-corrected chi connectivity index (χ1v) is 7.30. The molecule has 10 nitrogen and oxygen atoms in total. The summed E-state index contributed by atoms with van der Waals surface area (Å²) in [6, 6.07) is 2.30. The SMILES string of the molecule is COc1cc(C(=O)O[C@H]2O[C@@H](CO)[C@@H](O)[C@@H](O)[C@@H]2O)cc(O)c1OC. The van der Waals surface area contributed by atoms with Crippen LogP contribution in [0.4, 0.5) is 0 Å². The Labute approximate surface area is 142 Å². The zero-order chi connectivity index (χ0) is 18.7. The van der Waals surface area contributed by atoms with E-state index in [4.69, 9.17) is 24.1 Å². The fraction of sp³-hybridized carbons (Fsp3) is 0.533. The van der Waals surface area contributed by atoms with Crippen LogP contribution in [0.15, 0.2) is 12.1 Å². The van der Waals surface area contributed by atoms with Gasteiger partial charge in [0.25, 0.3) is 0 Å². The third kappa shape index (κ3) is 3.78. The summed E-state index contributed by atoms with van der Waals surface area (Å²) >= 11 is 0. The molecule has 1 aliphatic heterocycles. The van der Waals surface area contributed by atoms with Crippen LogP contribution in [0.1, 0.15) is 10.4 Å². The molecule has 5 N–H and O–H groups in total. The number of esters is 1. The average Bonchev–Trinajstić information content (AvgIpc) is 2.61. The molecule has 1 aromatic rings. The highest BCUT2D eigenvalue weighted by molar-refractivity contribution is 5.91. The number of carbonyl (C=O) groups is 1. The lowest BCUT2D eigenvalue weighted by molar-refractivity contribution is -0.285. The number of hydrogen-bond acceptors (Lipinski definition) is 10. The molecule has 0 spiro atoms. The zero-order valence-corrected chi connectivity index (χ0v) is 13.5. The van der Waals surface area contributed by atoms with Gasteiger partial charge in [0.1, 0.15) is 24.4 Å². The van der Waals surface area contributed by atoms with Crippen LogP contribution in [0.3, 0.4) is 0 Å². The van der Waals surface area contributed by atoms with E-state index in [1.54, 1.807) is 0 Å². The van der Waals surface area contributed by atoms with Crippen molar-refractivity contribution in [1.29, 1.82) is 0 Å². The first-order valence-electron chi connectivity index (χ1n) is 7.30. The van der Waals surface area contributed by atoms with Crippen LogP contribution in [0.2, 0.25) is 0 Å². The third-order valence-corrected chi connectivity index (χ3v) is 3.77. The summed E-state index contributed by atoms with van der Waals surface area (Å²) in [6.07, 6.45) is -7.81. The molecule has 1 aromatic carbocycles. The molecule has 0 aromatic heterocycles. The lowest BCUT2D eigenvalue weighted by Gasteiger charge is -2.39. The number of aliphatic hydroxyl groups is 4. The number of ether oxygens (including phenoxy) is 4. The van der Waals surface area contributed by atoms with Gasteiger partial charge in [0.2, 0.25) is 12.0 Å². The summed E-state index contributed by atoms with van der Waals surface area (Å²) in [4.78, 5) is 12.2. The lowest BCUT2D eigenvalue weighted by Crippen LogP contribution is -2.59. The Kier molecular flexibility index (Phi) is 6.03. The summed E-state index contributed by atoms with van der Waals surface area (Å²) < 4.78 is 20.0. The van der Waals surface area contributed by atoms with Crippen LogP contribution in [0, 0.1) is 0 Å². The highest BCUT2D eigenvalue weighted by Crippen LogP contribution is 2.37. The Hall–Kier alpha value is -2.11. The van der Waals surface area contributed by atoms with Crippen molar-refractivity contribution in [1.82, 2.24) is 0 Å². The van der Waals surface area contributed by atoms with Crippen molar-refractivity contribution in [2.75, 3.05) is 20.8 Å². The smallest absolute Gasteiger partial charge is 0.340 e. The molecule has 140 valence electrons. The monoisotopic (exact) mass is 360 g/mol. The Morgan fingerprint density at radius 1 is 1.12 bits per heavy atom. The molecule has 1 aliphatic rings. The summed E-state index contributed by atoms with van der Waals surface area (Å²) in [6.45, 7) is -0.657. The van der Waals surface area contributed by atoms with Gasteiger partial charge in [-0.05, 0) is 12.1 Å². The zero-order valence-electron chi connectivity index (χ0n) is 13.5. The second-order valence-electron chi connectivity index (χ2n) is 5.33. The average molecular weight is 360 g/mol. The Morgan fingerprint density at radius 2 is 1.80 bits per heavy atom. The van der Waals surface area contributed by atoms with Crippen LogP contribution in [-0.4, -0.2) is 83.0 Å². The molecular formula is C15H20O10. The molecule has 0 saturated carbocycles. The van der Waals surface area contributed by atoms with Gasteiger partial charge in [-0.25, -0.2) is 4.79 Å². The van der Waals surface area contributed by atoms with Gasteiger partial charge in [0.05, 0.1) is 26.4 Å². The molecule has 2 rings (SSSR count). The first-order chi connectivity index (χ1) is 11.8. The highest BCUT2D eigenvalue weighted by atomic mass is 16.7. The van der Waals surface area contributed by atoms with Crippen molar-refractivity contribution in [2.24, 2.45) is 0 Å². The fourth-order valence-corrected chi connectivity index (χ4v) is 2.40. The third-order valence-electron chi connectivity index (χ3n) is 3.77. The molecule has 10 heteroatoms. The number of carbonyl (C=O) groups excluding carboxylic acids is 1. The van der Waals surface area contributed by atoms with Crippen LogP contribution in [0.5, 0.6) is 17.2 Å². The lowest BCUT2D eigenvalue weighted by atomic mass is 9.99. The van der Waals surface area contributed by atoms with Gasteiger partial charge in [-0.1, -0.05) is 0 Å². The number of benzene rings is 1. The minimum Gasteiger partial charge on any atom is -0.504 e. The van der Waals surface area contributed by atoms with Crippen LogP contribution >= 0.6 is 0 Å². The number of phenolic OH excluding ortho intramolecular Hbond substituents is 1. The van der Waals surface area contributed by atoms with E-state index in [0.29, 0.717) is 0 Å². The Morgan fingerprint density at radius 3 is 2.36 bits per heavy atom.